The number of nitrogens with zero attached hydrogens (tertiary/aromatic N) is 1. The van der Waals surface area contributed by atoms with Gasteiger partial charge in [-0.25, -0.2) is 8.42 Å². The summed E-state index contributed by atoms with van der Waals surface area (Å²) in [5, 5.41) is 9.02. The summed E-state index contributed by atoms with van der Waals surface area (Å²) in [5.74, 6) is -1.04. The second-order valence-corrected chi connectivity index (χ2v) is 7.35. The van der Waals surface area contributed by atoms with E-state index in [-0.39, 0.29) is 12.0 Å². The maximum atomic E-state index is 11.4. The van der Waals surface area contributed by atoms with Gasteiger partial charge in [0.25, 0.3) is 0 Å². The van der Waals surface area contributed by atoms with E-state index in [4.69, 9.17) is 5.11 Å². The molecular formula is C14H19NO4S. The minimum atomic E-state index is -3.18. The van der Waals surface area contributed by atoms with Crippen molar-refractivity contribution in [3.8, 4) is 0 Å². The highest BCUT2D eigenvalue weighted by Gasteiger charge is 2.30. The van der Waals surface area contributed by atoms with Crippen LogP contribution in [0.25, 0.3) is 0 Å². The third kappa shape index (κ3) is 3.19. The van der Waals surface area contributed by atoms with Gasteiger partial charge in [0.2, 0.25) is 0 Å². The zero-order valence-electron chi connectivity index (χ0n) is 11.6. The monoisotopic (exact) mass is 297 g/mol. The van der Waals surface area contributed by atoms with Crippen molar-refractivity contribution >= 4 is 15.8 Å². The molecule has 1 aromatic carbocycles. The highest BCUT2D eigenvalue weighted by Crippen LogP contribution is 2.28. The lowest BCUT2D eigenvalue weighted by molar-refractivity contribution is -0.141. The summed E-state index contributed by atoms with van der Waals surface area (Å²) in [6, 6.07) is 6.90. The van der Waals surface area contributed by atoms with Crippen LogP contribution >= 0.6 is 0 Å². The van der Waals surface area contributed by atoms with Crippen LogP contribution < -0.4 is 0 Å². The Kier molecular flexibility index (Phi) is 4.15. The van der Waals surface area contributed by atoms with Crippen molar-refractivity contribution in [1.29, 1.82) is 0 Å². The zero-order chi connectivity index (χ0) is 14.9. The smallest absolute Gasteiger partial charge is 0.307 e. The van der Waals surface area contributed by atoms with E-state index in [0.29, 0.717) is 17.9 Å². The van der Waals surface area contributed by atoms with Crippen LogP contribution in [0.3, 0.4) is 0 Å². The van der Waals surface area contributed by atoms with Crippen LogP contribution in [0.2, 0.25) is 0 Å². The predicted octanol–water partition coefficient (Wildman–Crippen LogP) is 1.56. The van der Waals surface area contributed by atoms with Gasteiger partial charge in [0.15, 0.2) is 9.84 Å². The van der Waals surface area contributed by atoms with Gasteiger partial charge in [-0.1, -0.05) is 12.1 Å². The number of benzene rings is 1. The Morgan fingerprint density at radius 3 is 2.40 bits per heavy atom. The average Bonchev–Trinajstić information content (AvgIpc) is 2.86. The van der Waals surface area contributed by atoms with Gasteiger partial charge in [-0.3, -0.25) is 9.69 Å². The summed E-state index contributed by atoms with van der Waals surface area (Å²) >= 11 is 0. The lowest BCUT2D eigenvalue weighted by atomic mass is 10.1. The number of carbonyl (C=O) groups is 1. The predicted molar refractivity (Wildman–Crippen MR) is 75.3 cm³/mol. The van der Waals surface area contributed by atoms with Gasteiger partial charge >= 0.3 is 5.97 Å². The second kappa shape index (κ2) is 5.54. The van der Waals surface area contributed by atoms with E-state index in [0.717, 1.165) is 12.1 Å². The van der Waals surface area contributed by atoms with Crippen LogP contribution in [0, 0.1) is 5.92 Å². The molecule has 1 aliphatic heterocycles. The normalized spacial score (nSPS) is 21.8. The van der Waals surface area contributed by atoms with Gasteiger partial charge in [-0.2, -0.15) is 0 Å². The molecule has 1 saturated heterocycles. The molecular weight excluding hydrogens is 278 g/mol. The molecule has 0 aromatic heterocycles. The highest BCUT2D eigenvalue weighted by atomic mass is 32.2. The number of hydrogen-bond donors (Lipinski definition) is 1. The zero-order valence-corrected chi connectivity index (χ0v) is 12.4. The number of sulfone groups is 1. The molecule has 5 nitrogen and oxygen atoms in total. The van der Waals surface area contributed by atoms with E-state index in [1.54, 1.807) is 24.3 Å². The molecule has 1 N–H and O–H groups in total. The van der Waals surface area contributed by atoms with E-state index in [2.05, 4.69) is 4.90 Å². The number of rotatable bonds is 4. The van der Waals surface area contributed by atoms with Crippen molar-refractivity contribution < 1.29 is 18.3 Å². The lowest BCUT2D eigenvalue weighted by Crippen LogP contribution is -2.26. The van der Waals surface area contributed by atoms with Crippen molar-refractivity contribution in [2.24, 2.45) is 5.92 Å². The summed E-state index contributed by atoms with van der Waals surface area (Å²) in [6.07, 6.45) is 1.85. The fourth-order valence-corrected chi connectivity index (χ4v) is 3.18. The summed E-state index contributed by atoms with van der Waals surface area (Å²) < 4.78 is 22.8. The first-order valence-corrected chi connectivity index (χ1v) is 8.45. The van der Waals surface area contributed by atoms with Crippen molar-refractivity contribution in [2.75, 3.05) is 19.3 Å². The van der Waals surface area contributed by atoms with Gasteiger partial charge in [-0.05, 0) is 37.6 Å². The quantitative estimate of drug-likeness (QED) is 0.913. The van der Waals surface area contributed by atoms with E-state index in [9.17, 15) is 13.2 Å². The van der Waals surface area contributed by atoms with Crippen LogP contribution in [0.1, 0.15) is 24.9 Å². The molecule has 0 bridgehead atoms. The van der Waals surface area contributed by atoms with Gasteiger partial charge in [0.1, 0.15) is 0 Å². The standard InChI is InChI=1S/C14H19NO4S/c1-10(15-8-7-12(9-15)14(16)17)11-3-5-13(6-4-11)20(2,18)19/h3-6,10,12H,7-9H2,1-2H3,(H,16,17). The van der Waals surface area contributed by atoms with Crippen molar-refractivity contribution in [2.45, 2.75) is 24.3 Å². The molecule has 20 heavy (non-hydrogen) atoms. The first kappa shape index (κ1) is 15.0. The topological polar surface area (TPSA) is 74.7 Å². The fraction of sp³-hybridized carbons (Fsp3) is 0.500. The summed E-state index contributed by atoms with van der Waals surface area (Å²) in [6.45, 7) is 3.32. The molecule has 1 aromatic rings. The SMILES string of the molecule is CC(c1ccc(S(C)(=O)=O)cc1)N1CCC(C(=O)O)C1. The van der Waals surface area contributed by atoms with Gasteiger partial charge in [0, 0.05) is 18.8 Å². The number of carboxylic acids is 1. The molecule has 0 aliphatic carbocycles. The molecule has 1 fully saturated rings. The number of aliphatic carboxylic acids is 1. The number of likely N-dealkylation sites (tertiary alicyclic amines) is 1. The number of carboxylic acid groups (broad SMARTS) is 1. The van der Waals surface area contributed by atoms with E-state index < -0.39 is 15.8 Å². The third-order valence-corrected chi connectivity index (χ3v) is 5.04. The third-order valence-electron chi connectivity index (χ3n) is 3.91. The molecule has 0 saturated carbocycles. The van der Waals surface area contributed by atoms with Gasteiger partial charge < -0.3 is 5.11 Å². The molecule has 2 rings (SSSR count). The largest absolute Gasteiger partial charge is 0.481 e. The van der Waals surface area contributed by atoms with Crippen LogP contribution in [0.5, 0.6) is 0 Å². The van der Waals surface area contributed by atoms with Crippen molar-refractivity contribution in [1.82, 2.24) is 4.90 Å². The molecule has 0 amide bonds. The molecule has 6 heteroatoms. The molecule has 1 aliphatic rings. The minimum absolute atomic E-state index is 0.0907. The molecule has 2 unspecified atom stereocenters. The van der Waals surface area contributed by atoms with Crippen LogP contribution in [-0.2, 0) is 14.6 Å². The molecule has 2 atom stereocenters. The molecule has 0 radical (unpaired) electrons. The Balaban J connectivity index is 2.10. The van der Waals surface area contributed by atoms with E-state index in [1.807, 2.05) is 6.92 Å². The molecule has 0 spiro atoms. The molecule has 1 heterocycles. The minimum Gasteiger partial charge on any atom is -0.481 e. The Morgan fingerprint density at radius 1 is 1.35 bits per heavy atom. The summed E-state index contributed by atoms with van der Waals surface area (Å²) in [4.78, 5) is 13.4. The lowest BCUT2D eigenvalue weighted by Gasteiger charge is -2.24. The Bertz CT molecular complexity index is 594. The van der Waals surface area contributed by atoms with Crippen LogP contribution in [0.15, 0.2) is 29.2 Å². The van der Waals surface area contributed by atoms with Crippen LogP contribution in [0.4, 0.5) is 0 Å². The fourth-order valence-electron chi connectivity index (χ4n) is 2.54. The van der Waals surface area contributed by atoms with Gasteiger partial charge in [0.05, 0.1) is 10.8 Å². The second-order valence-electron chi connectivity index (χ2n) is 5.34. The summed E-state index contributed by atoms with van der Waals surface area (Å²) in [5.41, 5.74) is 1.00. The first-order valence-electron chi connectivity index (χ1n) is 6.56. The van der Waals surface area contributed by atoms with E-state index in [1.165, 1.54) is 6.26 Å². The first-order chi connectivity index (χ1) is 9.29. The van der Waals surface area contributed by atoms with Crippen molar-refractivity contribution in [3.63, 3.8) is 0 Å². The van der Waals surface area contributed by atoms with Crippen molar-refractivity contribution in [3.05, 3.63) is 29.8 Å². The molecule has 110 valence electrons. The maximum absolute atomic E-state index is 11.4. The van der Waals surface area contributed by atoms with Gasteiger partial charge in [-0.15, -0.1) is 0 Å². The Morgan fingerprint density at radius 2 is 1.95 bits per heavy atom. The Labute approximate surface area is 119 Å². The number of hydrogen-bond acceptors (Lipinski definition) is 4. The summed E-state index contributed by atoms with van der Waals surface area (Å²) in [7, 11) is -3.18. The average molecular weight is 297 g/mol. The van der Waals surface area contributed by atoms with E-state index >= 15 is 0 Å². The Hall–Kier alpha value is -1.40. The maximum Gasteiger partial charge on any atom is 0.307 e. The highest BCUT2D eigenvalue weighted by molar-refractivity contribution is 7.90. The van der Waals surface area contributed by atoms with Crippen LogP contribution in [-0.4, -0.2) is 43.7 Å².